The van der Waals surface area contributed by atoms with E-state index in [-0.39, 0.29) is 29.9 Å². The lowest BCUT2D eigenvalue weighted by Crippen LogP contribution is -2.37. The molecule has 0 unspecified atom stereocenters. The predicted molar refractivity (Wildman–Crippen MR) is 135 cm³/mol. The van der Waals surface area contributed by atoms with Crippen molar-refractivity contribution in [1.29, 1.82) is 0 Å². The smallest absolute Gasteiger partial charge is 0.251 e. The standard InChI is InChI=1S/C23H25ClN4O2.HI/c1-25-23(26-12-11-18-7-2-3-10-21(18)24)28-15-17-6-4-8-19(14-17)22(29)27-16-20-9-5-13-30-20;/h2-10,13-14H,11-12,15-16H2,1H3,(H,27,29)(H2,25,26,28);1H. The number of carbonyl (C=O) groups is 1. The molecule has 0 saturated carbocycles. The molecule has 3 rings (SSSR count). The Morgan fingerprint density at radius 1 is 1.00 bits per heavy atom. The number of benzene rings is 2. The van der Waals surface area contributed by atoms with Crippen LogP contribution in [0.2, 0.25) is 5.02 Å². The van der Waals surface area contributed by atoms with Gasteiger partial charge < -0.3 is 20.4 Å². The molecule has 31 heavy (non-hydrogen) atoms. The Kier molecular flexibility index (Phi) is 10.4. The number of rotatable bonds is 8. The molecular weight excluding hydrogens is 527 g/mol. The van der Waals surface area contributed by atoms with Crippen LogP contribution in [0.25, 0.3) is 0 Å². The van der Waals surface area contributed by atoms with Gasteiger partial charge in [0.05, 0.1) is 12.8 Å². The number of amides is 1. The molecule has 0 aliphatic rings. The molecule has 0 atom stereocenters. The van der Waals surface area contributed by atoms with E-state index in [1.54, 1.807) is 25.4 Å². The van der Waals surface area contributed by atoms with Crippen molar-refractivity contribution in [3.63, 3.8) is 0 Å². The van der Waals surface area contributed by atoms with Gasteiger partial charge in [-0.25, -0.2) is 0 Å². The third-order valence-corrected chi connectivity index (χ3v) is 4.89. The third kappa shape index (κ3) is 7.91. The van der Waals surface area contributed by atoms with Crippen molar-refractivity contribution in [2.24, 2.45) is 4.99 Å². The van der Waals surface area contributed by atoms with E-state index in [0.717, 1.165) is 22.6 Å². The first-order valence-electron chi connectivity index (χ1n) is 9.73. The maximum atomic E-state index is 12.4. The van der Waals surface area contributed by atoms with Gasteiger partial charge in [-0.1, -0.05) is 41.9 Å². The molecule has 0 bridgehead atoms. The summed E-state index contributed by atoms with van der Waals surface area (Å²) in [6.45, 7) is 1.61. The largest absolute Gasteiger partial charge is 0.467 e. The molecule has 6 nitrogen and oxygen atoms in total. The van der Waals surface area contributed by atoms with Crippen LogP contribution in [0.15, 0.2) is 76.3 Å². The Morgan fingerprint density at radius 2 is 1.84 bits per heavy atom. The summed E-state index contributed by atoms with van der Waals surface area (Å²) < 4.78 is 5.24. The van der Waals surface area contributed by atoms with Gasteiger partial charge in [0.2, 0.25) is 0 Å². The fourth-order valence-corrected chi connectivity index (χ4v) is 3.16. The molecule has 8 heteroatoms. The van der Waals surface area contributed by atoms with Crippen molar-refractivity contribution in [3.8, 4) is 0 Å². The van der Waals surface area contributed by atoms with Crippen molar-refractivity contribution in [2.45, 2.75) is 19.5 Å². The maximum Gasteiger partial charge on any atom is 0.251 e. The zero-order valence-electron chi connectivity index (χ0n) is 17.2. The minimum absolute atomic E-state index is 0. The Bertz CT molecular complexity index is 993. The van der Waals surface area contributed by atoms with Crippen LogP contribution in [0.1, 0.15) is 27.2 Å². The van der Waals surface area contributed by atoms with Crippen molar-refractivity contribution < 1.29 is 9.21 Å². The molecule has 3 N–H and O–H groups in total. The van der Waals surface area contributed by atoms with Crippen LogP contribution in [0.4, 0.5) is 0 Å². The minimum atomic E-state index is -0.143. The van der Waals surface area contributed by atoms with Gasteiger partial charge in [0.25, 0.3) is 5.91 Å². The molecule has 0 fully saturated rings. The minimum Gasteiger partial charge on any atom is -0.467 e. The van der Waals surface area contributed by atoms with E-state index in [4.69, 9.17) is 16.0 Å². The second-order valence-corrected chi connectivity index (χ2v) is 7.06. The monoisotopic (exact) mass is 552 g/mol. The van der Waals surface area contributed by atoms with Crippen molar-refractivity contribution in [1.82, 2.24) is 16.0 Å². The van der Waals surface area contributed by atoms with E-state index < -0.39 is 0 Å². The summed E-state index contributed by atoms with van der Waals surface area (Å²) in [5.74, 6) is 1.26. The SMILES string of the molecule is CN=C(NCCc1ccccc1Cl)NCc1cccc(C(=O)NCc2ccco2)c1.I. The lowest BCUT2D eigenvalue weighted by atomic mass is 10.1. The Hall–Kier alpha value is -2.52. The summed E-state index contributed by atoms with van der Waals surface area (Å²) in [6, 6.07) is 18.9. The molecule has 0 saturated heterocycles. The second-order valence-electron chi connectivity index (χ2n) is 6.66. The molecule has 1 aromatic heterocycles. The molecule has 2 aromatic carbocycles. The van der Waals surface area contributed by atoms with E-state index in [0.29, 0.717) is 36.9 Å². The lowest BCUT2D eigenvalue weighted by Gasteiger charge is -2.13. The fourth-order valence-electron chi connectivity index (χ4n) is 2.93. The van der Waals surface area contributed by atoms with Crippen LogP contribution in [0.5, 0.6) is 0 Å². The number of hydrogen-bond acceptors (Lipinski definition) is 3. The number of furan rings is 1. The van der Waals surface area contributed by atoms with E-state index in [1.165, 1.54) is 0 Å². The second kappa shape index (κ2) is 13.0. The highest BCUT2D eigenvalue weighted by atomic mass is 127. The number of hydrogen-bond donors (Lipinski definition) is 3. The molecule has 0 radical (unpaired) electrons. The number of nitrogens with zero attached hydrogens (tertiary/aromatic N) is 1. The molecule has 0 aliphatic carbocycles. The van der Waals surface area contributed by atoms with E-state index >= 15 is 0 Å². The molecule has 3 aromatic rings. The van der Waals surface area contributed by atoms with E-state index in [9.17, 15) is 4.79 Å². The lowest BCUT2D eigenvalue weighted by molar-refractivity contribution is 0.0948. The van der Waals surface area contributed by atoms with Crippen LogP contribution < -0.4 is 16.0 Å². The van der Waals surface area contributed by atoms with Gasteiger partial charge in [-0.3, -0.25) is 9.79 Å². The van der Waals surface area contributed by atoms with Gasteiger partial charge in [0, 0.05) is 30.7 Å². The quantitative estimate of drug-likeness (QED) is 0.220. The van der Waals surface area contributed by atoms with Gasteiger partial charge in [-0.15, -0.1) is 24.0 Å². The highest BCUT2D eigenvalue weighted by Crippen LogP contribution is 2.14. The summed E-state index contributed by atoms with van der Waals surface area (Å²) in [4.78, 5) is 16.6. The molecule has 0 aliphatic heterocycles. The number of halogens is 2. The van der Waals surface area contributed by atoms with Crippen molar-refractivity contribution in [2.75, 3.05) is 13.6 Å². The Balaban J connectivity index is 0.00000341. The Morgan fingerprint density at radius 3 is 2.58 bits per heavy atom. The summed E-state index contributed by atoms with van der Waals surface area (Å²) in [5, 5.41) is 10.2. The van der Waals surface area contributed by atoms with Crippen LogP contribution in [-0.4, -0.2) is 25.5 Å². The first-order valence-corrected chi connectivity index (χ1v) is 10.1. The summed E-state index contributed by atoms with van der Waals surface area (Å²) in [6.07, 6.45) is 2.38. The number of carbonyl (C=O) groups excluding carboxylic acids is 1. The third-order valence-electron chi connectivity index (χ3n) is 4.52. The summed E-state index contributed by atoms with van der Waals surface area (Å²) in [5.41, 5.74) is 2.67. The van der Waals surface area contributed by atoms with E-state index in [1.807, 2.05) is 48.5 Å². The molecule has 1 heterocycles. The topological polar surface area (TPSA) is 78.7 Å². The highest BCUT2D eigenvalue weighted by molar-refractivity contribution is 14.0. The summed E-state index contributed by atoms with van der Waals surface area (Å²) in [7, 11) is 1.73. The van der Waals surface area contributed by atoms with Crippen LogP contribution >= 0.6 is 35.6 Å². The van der Waals surface area contributed by atoms with Crippen LogP contribution in [0.3, 0.4) is 0 Å². The van der Waals surface area contributed by atoms with Gasteiger partial charge in [-0.2, -0.15) is 0 Å². The van der Waals surface area contributed by atoms with E-state index in [2.05, 4.69) is 20.9 Å². The zero-order valence-corrected chi connectivity index (χ0v) is 20.3. The van der Waals surface area contributed by atoms with Gasteiger partial charge in [-0.05, 0) is 47.9 Å². The molecule has 164 valence electrons. The Labute approximate surface area is 204 Å². The number of guanidine groups is 1. The van der Waals surface area contributed by atoms with Gasteiger partial charge >= 0.3 is 0 Å². The molecule has 1 amide bonds. The first kappa shape index (κ1) is 24.7. The van der Waals surface area contributed by atoms with Gasteiger partial charge in [0.15, 0.2) is 5.96 Å². The van der Waals surface area contributed by atoms with Crippen molar-refractivity contribution >= 4 is 47.4 Å². The zero-order chi connectivity index (χ0) is 21.2. The van der Waals surface area contributed by atoms with Crippen molar-refractivity contribution in [3.05, 3.63) is 94.4 Å². The molecular formula is C23H26ClIN4O2. The molecule has 0 spiro atoms. The number of nitrogens with one attached hydrogen (secondary N) is 3. The average molecular weight is 553 g/mol. The highest BCUT2D eigenvalue weighted by Gasteiger charge is 2.08. The van der Waals surface area contributed by atoms with Crippen LogP contribution in [0, 0.1) is 0 Å². The van der Waals surface area contributed by atoms with Crippen LogP contribution in [-0.2, 0) is 19.5 Å². The first-order chi connectivity index (χ1) is 14.7. The average Bonchev–Trinajstić information content (AvgIpc) is 3.29. The predicted octanol–water partition coefficient (Wildman–Crippen LogP) is 4.39. The maximum absolute atomic E-state index is 12.4. The normalized spacial score (nSPS) is 10.8. The fraction of sp³-hybridized carbons (Fsp3) is 0.217. The number of aliphatic imine (C=N–C) groups is 1. The summed E-state index contributed by atoms with van der Waals surface area (Å²) >= 11 is 6.19. The van der Waals surface area contributed by atoms with Gasteiger partial charge in [0.1, 0.15) is 5.76 Å².